The zero-order valence-corrected chi connectivity index (χ0v) is 12.7. The lowest BCUT2D eigenvalue weighted by molar-refractivity contribution is -0.384. The SMILES string of the molecule is Cc1ccc(C)c(C(=O)COC(=O)c2cccc([N+](=O)[O-])c2)c1. The molecule has 0 atom stereocenters. The van der Waals surface area contributed by atoms with Crippen LogP contribution in [0.25, 0.3) is 0 Å². The van der Waals surface area contributed by atoms with E-state index in [2.05, 4.69) is 0 Å². The molecule has 0 N–H and O–H groups in total. The van der Waals surface area contributed by atoms with Crippen molar-refractivity contribution in [2.24, 2.45) is 0 Å². The number of esters is 1. The first kappa shape index (κ1) is 16.4. The largest absolute Gasteiger partial charge is 0.454 e. The van der Waals surface area contributed by atoms with E-state index in [9.17, 15) is 19.7 Å². The molecule has 0 heterocycles. The summed E-state index contributed by atoms with van der Waals surface area (Å²) in [5.74, 6) is -1.09. The second-order valence-corrected chi connectivity index (χ2v) is 5.13. The Morgan fingerprint density at radius 3 is 2.57 bits per heavy atom. The fourth-order valence-corrected chi connectivity index (χ4v) is 2.07. The first-order valence-electron chi connectivity index (χ1n) is 6.90. The Labute approximate surface area is 132 Å². The van der Waals surface area contributed by atoms with Gasteiger partial charge in [0.15, 0.2) is 6.61 Å². The van der Waals surface area contributed by atoms with Crippen molar-refractivity contribution in [2.45, 2.75) is 13.8 Å². The molecule has 0 aliphatic rings. The fourth-order valence-electron chi connectivity index (χ4n) is 2.07. The minimum absolute atomic E-state index is 0.0352. The maximum Gasteiger partial charge on any atom is 0.338 e. The van der Waals surface area contributed by atoms with E-state index in [1.165, 1.54) is 18.2 Å². The van der Waals surface area contributed by atoms with Crippen LogP contribution >= 0.6 is 0 Å². The average Bonchev–Trinajstić information content (AvgIpc) is 2.54. The second-order valence-electron chi connectivity index (χ2n) is 5.13. The number of Topliss-reactive ketones (excluding diaryl/α,β-unsaturated/α-hetero) is 1. The summed E-state index contributed by atoms with van der Waals surface area (Å²) in [6.45, 7) is 3.26. The van der Waals surface area contributed by atoms with Crippen LogP contribution in [0.3, 0.4) is 0 Å². The highest BCUT2D eigenvalue weighted by atomic mass is 16.6. The molecule has 0 bridgehead atoms. The van der Waals surface area contributed by atoms with Gasteiger partial charge >= 0.3 is 5.97 Å². The average molecular weight is 313 g/mol. The lowest BCUT2D eigenvalue weighted by Gasteiger charge is -2.07. The number of ether oxygens (including phenoxy) is 1. The second kappa shape index (κ2) is 6.83. The van der Waals surface area contributed by atoms with Crippen molar-refractivity contribution in [3.63, 3.8) is 0 Å². The summed E-state index contributed by atoms with van der Waals surface area (Å²) < 4.78 is 4.96. The number of rotatable bonds is 5. The van der Waals surface area contributed by atoms with Crippen molar-refractivity contribution in [1.29, 1.82) is 0 Å². The van der Waals surface area contributed by atoms with E-state index >= 15 is 0 Å². The number of nitro benzene ring substituents is 1. The molecule has 0 fully saturated rings. The highest BCUT2D eigenvalue weighted by molar-refractivity contribution is 6.00. The standard InChI is InChI=1S/C17H15NO5/c1-11-6-7-12(2)15(8-11)16(19)10-23-17(20)13-4-3-5-14(9-13)18(21)22/h3-9H,10H2,1-2H3. The Morgan fingerprint density at radius 2 is 1.87 bits per heavy atom. The highest BCUT2D eigenvalue weighted by Gasteiger charge is 2.16. The van der Waals surface area contributed by atoms with Crippen LogP contribution in [0.15, 0.2) is 42.5 Å². The van der Waals surface area contributed by atoms with Gasteiger partial charge in [-0.25, -0.2) is 4.79 Å². The van der Waals surface area contributed by atoms with Crippen LogP contribution in [-0.4, -0.2) is 23.3 Å². The van der Waals surface area contributed by atoms with Crippen molar-refractivity contribution in [3.8, 4) is 0 Å². The van der Waals surface area contributed by atoms with E-state index in [4.69, 9.17) is 4.74 Å². The van der Waals surface area contributed by atoms with Crippen molar-refractivity contribution < 1.29 is 19.2 Å². The predicted molar refractivity (Wildman–Crippen MR) is 83.6 cm³/mol. The Morgan fingerprint density at radius 1 is 1.13 bits per heavy atom. The molecule has 0 amide bonds. The van der Waals surface area contributed by atoms with Gasteiger partial charge in [0.2, 0.25) is 5.78 Å². The lowest BCUT2D eigenvalue weighted by atomic mass is 10.0. The molecule has 2 aromatic carbocycles. The van der Waals surface area contributed by atoms with Gasteiger partial charge in [-0.2, -0.15) is 0 Å². The quantitative estimate of drug-likeness (QED) is 0.366. The van der Waals surface area contributed by atoms with Crippen LogP contribution in [-0.2, 0) is 4.74 Å². The molecule has 0 radical (unpaired) electrons. The monoisotopic (exact) mass is 313 g/mol. The van der Waals surface area contributed by atoms with E-state index in [1.54, 1.807) is 13.0 Å². The number of hydrogen-bond acceptors (Lipinski definition) is 5. The molecule has 2 rings (SSSR count). The summed E-state index contributed by atoms with van der Waals surface area (Å²) in [5, 5.41) is 10.7. The normalized spacial score (nSPS) is 10.2. The minimum Gasteiger partial charge on any atom is -0.454 e. The van der Waals surface area contributed by atoms with E-state index in [0.29, 0.717) is 5.56 Å². The number of benzene rings is 2. The molecule has 0 aliphatic carbocycles. The van der Waals surface area contributed by atoms with Gasteiger partial charge in [-0.3, -0.25) is 14.9 Å². The predicted octanol–water partition coefficient (Wildman–Crippen LogP) is 3.25. The Balaban J connectivity index is 2.07. The molecule has 0 unspecified atom stereocenters. The van der Waals surface area contributed by atoms with Gasteiger partial charge in [0.1, 0.15) is 0 Å². The first-order chi connectivity index (χ1) is 10.9. The highest BCUT2D eigenvalue weighted by Crippen LogP contribution is 2.15. The molecule has 0 spiro atoms. The fraction of sp³-hybridized carbons (Fsp3) is 0.176. The maximum atomic E-state index is 12.1. The number of non-ortho nitro benzene ring substituents is 1. The molecule has 0 aliphatic heterocycles. The number of aryl methyl sites for hydroxylation is 2. The molecule has 6 heteroatoms. The van der Waals surface area contributed by atoms with Crippen LogP contribution < -0.4 is 0 Å². The number of carbonyl (C=O) groups excluding carboxylic acids is 2. The van der Waals surface area contributed by atoms with Crippen LogP contribution in [0, 0.1) is 24.0 Å². The molecule has 0 saturated carbocycles. The van der Waals surface area contributed by atoms with Crippen molar-refractivity contribution >= 4 is 17.4 Å². The molecular weight excluding hydrogens is 298 g/mol. The molecule has 23 heavy (non-hydrogen) atoms. The van der Waals surface area contributed by atoms with Crippen LogP contribution in [0.4, 0.5) is 5.69 Å². The van der Waals surface area contributed by atoms with E-state index in [-0.39, 0.29) is 17.0 Å². The van der Waals surface area contributed by atoms with Crippen LogP contribution in [0.5, 0.6) is 0 Å². The van der Waals surface area contributed by atoms with Gasteiger partial charge < -0.3 is 4.74 Å². The number of carbonyl (C=O) groups is 2. The maximum absolute atomic E-state index is 12.1. The third-order valence-electron chi connectivity index (χ3n) is 3.32. The van der Waals surface area contributed by atoms with E-state index in [1.807, 2.05) is 19.1 Å². The minimum atomic E-state index is -0.771. The van der Waals surface area contributed by atoms with Crippen LogP contribution in [0.1, 0.15) is 31.8 Å². The molecule has 6 nitrogen and oxygen atoms in total. The van der Waals surface area contributed by atoms with Gasteiger partial charge in [-0.05, 0) is 31.5 Å². The number of ketones is 1. The zero-order chi connectivity index (χ0) is 17.0. The summed E-state index contributed by atoms with van der Waals surface area (Å²) in [7, 11) is 0. The van der Waals surface area contributed by atoms with Crippen molar-refractivity contribution in [2.75, 3.05) is 6.61 Å². The summed E-state index contributed by atoms with van der Waals surface area (Å²) in [5.41, 5.74) is 2.06. The third-order valence-corrected chi connectivity index (χ3v) is 3.32. The van der Waals surface area contributed by atoms with Gasteiger partial charge in [0, 0.05) is 17.7 Å². The lowest BCUT2D eigenvalue weighted by Crippen LogP contribution is -2.15. The number of hydrogen-bond donors (Lipinski definition) is 0. The molecule has 0 aromatic heterocycles. The topological polar surface area (TPSA) is 86.5 Å². The summed E-state index contributed by atoms with van der Waals surface area (Å²) in [4.78, 5) is 34.1. The Kier molecular flexibility index (Phi) is 4.85. The van der Waals surface area contributed by atoms with Gasteiger partial charge in [-0.1, -0.05) is 23.8 Å². The summed E-state index contributed by atoms with van der Waals surface area (Å²) >= 11 is 0. The first-order valence-corrected chi connectivity index (χ1v) is 6.90. The molecule has 0 saturated heterocycles. The zero-order valence-electron chi connectivity index (χ0n) is 12.7. The van der Waals surface area contributed by atoms with Gasteiger partial charge in [0.25, 0.3) is 5.69 Å². The van der Waals surface area contributed by atoms with Gasteiger partial charge in [-0.15, -0.1) is 0 Å². The molecule has 2 aromatic rings. The third kappa shape index (κ3) is 4.00. The smallest absolute Gasteiger partial charge is 0.338 e. The van der Waals surface area contributed by atoms with Crippen molar-refractivity contribution in [1.82, 2.24) is 0 Å². The van der Waals surface area contributed by atoms with Crippen LogP contribution in [0.2, 0.25) is 0 Å². The van der Waals surface area contributed by atoms with E-state index < -0.39 is 17.5 Å². The summed E-state index contributed by atoms with van der Waals surface area (Å²) in [6.07, 6.45) is 0. The molecule has 118 valence electrons. The number of nitrogens with zero attached hydrogens (tertiary/aromatic N) is 1. The Bertz CT molecular complexity index is 782. The van der Waals surface area contributed by atoms with Crippen molar-refractivity contribution in [3.05, 3.63) is 74.8 Å². The molecular formula is C17H15NO5. The number of nitro groups is 1. The van der Waals surface area contributed by atoms with Gasteiger partial charge in [0.05, 0.1) is 10.5 Å². The summed E-state index contributed by atoms with van der Waals surface area (Å²) in [6, 6.07) is 10.6. The Hall–Kier alpha value is -3.02. The van der Waals surface area contributed by atoms with E-state index in [0.717, 1.165) is 17.2 Å².